The highest BCUT2D eigenvalue weighted by Gasteiger charge is 2.39. The second kappa shape index (κ2) is 8.92. The van der Waals surface area contributed by atoms with E-state index in [9.17, 15) is 14.6 Å². The number of hydrogen-bond donors (Lipinski definition) is 2. The molecular formula is C24H30FNO3. The van der Waals surface area contributed by atoms with E-state index in [1.165, 1.54) is 12.1 Å². The second-order valence-corrected chi connectivity index (χ2v) is 8.44. The molecule has 2 aliphatic rings. The molecule has 4 nitrogen and oxygen atoms in total. The molecular weight excluding hydrogens is 369 g/mol. The maximum atomic E-state index is 13.0. The summed E-state index contributed by atoms with van der Waals surface area (Å²) in [5.74, 6) is -0.245. The summed E-state index contributed by atoms with van der Waals surface area (Å²) in [6.07, 6.45) is 3.38. The lowest BCUT2D eigenvalue weighted by atomic mass is 9.82. The van der Waals surface area contributed by atoms with Crippen molar-refractivity contribution in [2.45, 2.75) is 62.6 Å². The lowest BCUT2D eigenvalue weighted by Gasteiger charge is -2.45. The van der Waals surface area contributed by atoms with Crippen molar-refractivity contribution in [1.82, 2.24) is 4.90 Å². The third-order valence-corrected chi connectivity index (χ3v) is 6.54. The van der Waals surface area contributed by atoms with Crippen molar-refractivity contribution in [2.24, 2.45) is 0 Å². The average Bonchev–Trinajstić information content (AvgIpc) is 2.75. The smallest absolute Gasteiger partial charge is 0.123 e. The van der Waals surface area contributed by atoms with Crippen LogP contribution in [0.15, 0.2) is 54.6 Å². The van der Waals surface area contributed by atoms with Crippen LogP contribution in [0.3, 0.4) is 0 Å². The Kier molecular flexibility index (Phi) is 6.30. The van der Waals surface area contributed by atoms with Crippen LogP contribution in [0, 0.1) is 5.82 Å². The summed E-state index contributed by atoms with van der Waals surface area (Å²) in [6.45, 7) is 2.01. The fraction of sp³-hybridized carbons (Fsp3) is 0.500. The van der Waals surface area contributed by atoms with Gasteiger partial charge in [0.25, 0.3) is 0 Å². The Balaban J connectivity index is 1.27. The first kappa shape index (κ1) is 20.5. The number of nitrogens with zero attached hydrogens (tertiary/aromatic N) is 1. The van der Waals surface area contributed by atoms with E-state index in [4.69, 9.17) is 4.74 Å². The van der Waals surface area contributed by atoms with E-state index in [1.807, 2.05) is 30.3 Å². The molecule has 2 aromatic rings. The molecule has 2 fully saturated rings. The summed E-state index contributed by atoms with van der Waals surface area (Å²) in [5, 5.41) is 21.8. The third kappa shape index (κ3) is 4.86. The maximum Gasteiger partial charge on any atom is 0.123 e. The molecule has 0 bridgehead atoms. The Morgan fingerprint density at radius 3 is 2.34 bits per heavy atom. The van der Waals surface area contributed by atoms with E-state index in [1.54, 1.807) is 12.1 Å². The van der Waals surface area contributed by atoms with Gasteiger partial charge in [-0.05, 0) is 48.9 Å². The summed E-state index contributed by atoms with van der Waals surface area (Å²) >= 11 is 0. The van der Waals surface area contributed by atoms with Crippen LogP contribution in [0.25, 0.3) is 0 Å². The topological polar surface area (TPSA) is 52.9 Å². The van der Waals surface area contributed by atoms with Crippen molar-refractivity contribution in [3.63, 3.8) is 0 Å². The molecule has 3 atom stereocenters. The van der Waals surface area contributed by atoms with Gasteiger partial charge in [-0.15, -0.1) is 0 Å². The normalized spacial score (nSPS) is 27.6. The highest BCUT2D eigenvalue weighted by atomic mass is 19.1. The summed E-state index contributed by atoms with van der Waals surface area (Å²) < 4.78 is 19.0. The minimum atomic E-state index is -0.766. The largest absolute Gasteiger partial charge is 0.391 e. The van der Waals surface area contributed by atoms with Gasteiger partial charge in [-0.3, -0.25) is 4.90 Å². The predicted molar refractivity (Wildman–Crippen MR) is 110 cm³/mol. The van der Waals surface area contributed by atoms with E-state index in [2.05, 4.69) is 4.90 Å². The van der Waals surface area contributed by atoms with Gasteiger partial charge in [0.2, 0.25) is 0 Å². The molecule has 2 aromatic carbocycles. The lowest BCUT2D eigenvalue weighted by molar-refractivity contribution is -0.0874. The fourth-order valence-corrected chi connectivity index (χ4v) is 4.73. The van der Waals surface area contributed by atoms with Crippen LogP contribution in [0.4, 0.5) is 4.39 Å². The number of halogens is 1. The monoisotopic (exact) mass is 399 g/mol. The summed E-state index contributed by atoms with van der Waals surface area (Å²) in [6, 6.07) is 16.4. The van der Waals surface area contributed by atoms with Crippen LogP contribution in [0.2, 0.25) is 0 Å². The van der Waals surface area contributed by atoms with Crippen molar-refractivity contribution in [3.05, 3.63) is 71.5 Å². The van der Waals surface area contributed by atoms with Crippen LogP contribution in [-0.2, 0) is 16.9 Å². The minimum Gasteiger partial charge on any atom is -0.391 e. The van der Waals surface area contributed by atoms with E-state index < -0.39 is 11.7 Å². The van der Waals surface area contributed by atoms with E-state index in [0.29, 0.717) is 25.9 Å². The molecule has 1 aliphatic carbocycles. The Morgan fingerprint density at radius 1 is 1.00 bits per heavy atom. The summed E-state index contributed by atoms with van der Waals surface area (Å²) in [7, 11) is 0. The standard InChI is InChI=1S/C24H30FNO3/c25-20-8-6-18(7-9-20)17-29-21-10-11-22(23(27)16-21)26-14-12-24(28,13-15-26)19-4-2-1-3-5-19/h1-9,21-23,27-28H,10-17H2/t21-,22+,23+/m0/s1. The second-order valence-electron chi connectivity index (χ2n) is 8.44. The third-order valence-electron chi connectivity index (χ3n) is 6.54. The highest BCUT2D eigenvalue weighted by molar-refractivity contribution is 5.23. The molecule has 0 spiro atoms. The fourth-order valence-electron chi connectivity index (χ4n) is 4.73. The maximum absolute atomic E-state index is 13.0. The number of rotatable bonds is 5. The Morgan fingerprint density at radius 2 is 1.69 bits per heavy atom. The Labute approximate surface area is 171 Å². The first-order valence-electron chi connectivity index (χ1n) is 10.6. The van der Waals surface area contributed by atoms with Gasteiger partial charge in [0.1, 0.15) is 5.82 Å². The van der Waals surface area contributed by atoms with Crippen molar-refractivity contribution >= 4 is 0 Å². The van der Waals surface area contributed by atoms with E-state index >= 15 is 0 Å². The highest BCUT2D eigenvalue weighted by Crippen LogP contribution is 2.35. The van der Waals surface area contributed by atoms with Crippen LogP contribution in [-0.4, -0.2) is 46.5 Å². The van der Waals surface area contributed by atoms with Crippen LogP contribution in [0.5, 0.6) is 0 Å². The van der Waals surface area contributed by atoms with Gasteiger partial charge in [0.15, 0.2) is 0 Å². The van der Waals surface area contributed by atoms with Gasteiger partial charge < -0.3 is 14.9 Å². The molecule has 5 heteroatoms. The number of aliphatic hydroxyl groups excluding tert-OH is 1. The molecule has 0 unspecified atom stereocenters. The zero-order chi connectivity index (χ0) is 20.3. The van der Waals surface area contributed by atoms with Gasteiger partial charge in [-0.25, -0.2) is 4.39 Å². The molecule has 4 rings (SSSR count). The molecule has 2 N–H and O–H groups in total. The quantitative estimate of drug-likeness (QED) is 0.807. The number of benzene rings is 2. The zero-order valence-electron chi connectivity index (χ0n) is 16.7. The van der Waals surface area contributed by atoms with E-state index in [-0.39, 0.29) is 18.0 Å². The molecule has 1 saturated carbocycles. The molecule has 1 heterocycles. The number of aliphatic hydroxyl groups is 2. The predicted octanol–water partition coefficient (Wildman–Crippen LogP) is 3.61. The van der Waals surface area contributed by atoms with Crippen LogP contribution < -0.4 is 0 Å². The minimum absolute atomic E-state index is 0.0253. The van der Waals surface area contributed by atoms with Crippen molar-refractivity contribution in [3.8, 4) is 0 Å². The van der Waals surface area contributed by atoms with Crippen molar-refractivity contribution < 1.29 is 19.3 Å². The van der Waals surface area contributed by atoms with Crippen LogP contribution in [0.1, 0.15) is 43.2 Å². The average molecular weight is 400 g/mol. The Bertz CT molecular complexity index is 774. The van der Waals surface area contributed by atoms with E-state index in [0.717, 1.165) is 37.1 Å². The van der Waals surface area contributed by atoms with Crippen molar-refractivity contribution in [2.75, 3.05) is 13.1 Å². The molecule has 0 aromatic heterocycles. The summed E-state index contributed by atoms with van der Waals surface area (Å²) in [5.41, 5.74) is 1.16. The molecule has 0 radical (unpaired) electrons. The van der Waals surface area contributed by atoms with Gasteiger partial charge in [-0.2, -0.15) is 0 Å². The summed E-state index contributed by atoms with van der Waals surface area (Å²) in [4.78, 5) is 2.33. The SMILES string of the molecule is O[C@@H]1C[C@@H](OCc2ccc(F)cc2)CC[C@H]1N1CCC(O)(c2ccccc2)CC1. The van der Waals surface area contributed by atoms with Gasteiger partial charge in [0.05, 0.1) is 24.4 Å². The van der Waals surface area contributed by atoms with Crippen LogP contribution >= 0.6 is 0 Å². The molecule has 29 heavy (non-hydrogen) atoms. The first-order chi connectivity index (χ1) is 14.0. The Hall–Kier alpha value is -1.79. The molecule has 1 aliphatic heterocycles. The number of likely N-dealkylation sites (tertiary alicyclic amines) is 1. The molecule has 156 valence electrons. The number of hydrogen-bond acceptors (Lipinski definition) is 4. The first-order valence-corrected chi connectivity index (χ1v) is 10.6. The number of piperidine rings is 1. The molecule has 1 saturated heterocycles. The van der Waals surface area contributed by atoms with Gasteiger partial charge in [0, 0.05) is 25.6 Å². The van der Waals surface area contributed by atoms with Gasteiger partial charge in [-0.1, -0.05) is 42.5 Å². The lowest BCUT2D eigenvalue weighted by Crippen LogP contribution is -2.53. The zero-order valence-corrected chi connectivity index (χ0v) is 16.7. The number of ether oxygens (including phenoxy) is 1. The van der Waals surface area contributed by atoms with Gasteiger partial charge >= 0.3 is 0 Å². The van der Waals surface area contributed by atoms with Crippen molar-refractivity contribution in [1.29, 1.82) is 0 Å². The molecule has 0 amide bonds.